The molecule has 1 aromatic rings. The van der Waals surface area contributed by atoms with Crippen molar-refractivity contribution in [3.8, 4) is 5.75 Å². The third kappa shape index (κ3) is 3.88. The fourth-order valence-corrected chi connectivity index (χ4v) is 3.13. The largest absolute Gasteiger partial charge is 0.497 e. The summed E-state index contributed by atoms with van der Waals surface area (Å²) in [7, 11) is 1.59. The standard InChI is InChI=1S/C17H27FN2O/c1-16(2)7-4-8-17(12-19,10-9-16)20-15-11-13(21-3)5-6-14(15)18/h5-6,11,20H,4,7-10,12,19H2,1-3H3. The van der Waals surface area contributed by atoms with Crippen molar-refractivity contribution in [3.63, 3.8) is 0 Å². The van der Waals surface area contributed by atoms with Gasteiger partial charge in [0.1, 0.15) is 11.6 Å². The monoisotopic (exact) mass is 294 g/mol. The Labute approximate surface area is 127 Å². The SMILES string of the molecule is COc1ccc(F)c(NC2(CN)CCCC(C)(C)CC2)c1. The molecule has 3 nitrogen and oxygen atoms in total. The van der Waals surface area contributed by atoms with E-state index < -0.39 is 0 Å². The van der Waals surface area contributed by atoms with E-state index in [0.29, 0.717) is 23.4 Å². The molecule has 0 bridgehead atoms. The molecule has 3 N–H and O–H groups in total. The molecule has 1 saturated carbocycles. The van der Waals surface area contributed by atoms with E-state index >= 15 is 0 Å². The maximum Gasteiger partial charge on any atom is 0.146 e. The van der Waals surface area contributed by atoms with E-state index in [-0.39, 0.29) is 11.4 Å². The lowest BCUT2D eigenvalue weighted by Gasteiger charge is -2.34. The first-order valence-corrected chi connectivity index (χ1v) is 7.72. The molecule has 0 aromatic heterocycles. The molecule has 118 valence electrons. The third-order valence-corrected chi connectivity index (χ3v) is 4.75. The molecule has 1 unspecified atom stereocenters. The van der Waals surface area contributed by atoms with Gasteiger partial charge in [-0.05, 0) is 43.2 Å². The molecule has 1 fully saturated rings. The van der Waals surface area contributed by atoms with E-state index in [1.807, 2.05) is 0 Å². The van der Waals surface area contributed by atoms with E-state index in [1.54, 1.807) is 19.2 Å². The van der Waals surface area contributed by atoms with Crippen LogP contribution in [0.5, 0.6) is 5.75 Å². The van der Waals surface area contributed by atoms with Crippen LogP contribution in [0.25, 0.3) is 0 Å². The van der Waals surface area contributed by atoms with Gasteiger partial charge >= 0.3 is 0 Å². The maximum atomic E-state index is 14.1. The molecule has 0 saturated heterocycles. The lowest BCUT2D eigenvalue weighted by molar-refractivity contribution is 0.304. The van der Waals surface area contributed by atoms with Gasteiger partial charge in [0.25, 0.3) is 0 Å². The molecular formula is C17H27FN2O. The Morgan fingerprint density at radius 3 is 2.67 bits per heavy atom. The first kappa shape index (κ1) is 16.1. The lowest BCUT2D eigenvalue weighted by Crippen LogP contribution is -2.45. The van der Waals surface area contributed by atoms with Gasteiger partial charge in [0.2, 0.25) is 0 Å². The van der Waals surface area contributed by atoms with E-state index in [9.17, 15) is 4.39 Å². The number of halogens is 1. The van der Waals surface area contributed by atoms with Crippen molar-refractivity contribution in [2.45, 2.75) is 51.5 Å². The fourth-order valence-electron chi connectivity index (χ4n) is 3.13. The third-order valence-electron chi connectivity index (χ3n) is 4.75. The predicted octanol–water partition coefficient (Wildman–Crippen LogP) is 3.93. The van der Waals surface area contributed by atoms with Gasteiger partial charge in [0.15, 0.2) is 0 Å². The average molecular weight is 294 g/mol. The first-order chi connectivity index (χ1) is 9.90. The molecule has 0 heterocycles. The van der Waals surface area contributed by atoms with Gasteiger partial charge in [-0.25, -0.2) is 4.39 Å². The lowest BCUT2D eigenvalue weighted by atomic mass is 9.83. The summed E-state index contributed by atoms with van der Waals surface area (Å²) in [5, 5.41) is 3.38. The van der Waals surface area contributed by atoms with Crippen LogP contribution in [0.4, 0.5) is 10.1 Å². The Morgan fingerprint density at radius 1 is 1.24 bits per heavy atom. The van der Waals surface area contributed by atoms with Crippen molar-refractivity contribution in [1.82, 2.24) is 0 Å². The van der Waals surface area contributed by atoms with Crippen molar-refractivity contribution >= 4 is 5.69 Å². The van der Waals surface area contributed by atoms with Crippen molar-refractivity contribution in [2.24, 2.45) is 11.1 Å². The van der Waals surface area contributed by atoms with Crippen LogP contribution >= 0.6 is 0 Å². The van der Waals surface area contributed by atoms with Crippen LogP contribution in [0.2, 0.25) is 0 Å². The first-order valence-electron chi connectivity index (χ1n) is 7.72. The van der Waals surface area contributed by atoms with Crippen LogP contribution in [-0.2, 0) is 0 Å². The summed E-state index contributed by atoms with van der Waals surface area (Å²) >= 11 is 0. The number of ether oxygens (including phenoxy) is 1. The summed E-state index contributed by atoms with van der Waals surface area (Å²) in [6.07, 6.45) is 5.35. The molecule has 0 spiro atoms. The number of anilines is 1. The summed E-state index contributed by atoms with van der Waals surface area (Å²) < 4.78 is 19.2. The Hall–Kier alpha value is -1.29. The number of nitrogens with two attached hydrogens (primary N) is 1. The Bertz CT molecular complexity index is 490. The summed E-state index contributed by atoms with van der Waals surface area (Å²) in [5.41, 5.74) is 6.65. The quantitative estimate of drug-likeness (QED) is 0.827. The van der Waals surface area contributed by atoms with Gasteiger partial charge in [-0.1, -0.05) is 20.3 Å². The fraction of sp³-hybridized carbons (Fsp3) is 0.647. The van der Waals surface area contributed by atoms with Gasteiger partial charge < -0.3 is 15.8 Å². The highest BCUT2D eigenvalue weighted by molar-refractivity contribution is 5.51. The number of rotatable bonds is 4. The average Bonchev–Trinajstić information content (AvgIpc) is 2.61. The zero-order chi connectivity index (χ0) is 15.5. The smallest absolute Gasteiger partial charge is 0.146 e. The minimum absolute atomic E-state index is 0.221. The molecule has 1 aromatic carbocycles. The van der Waals surface area contributed by atoms with Crippen LogP contribution in [-0.4, -0.2) is 19.2 Å². The van der Waals surface area contributed by atoms with Crippen LogP contribution in [0.1, 0.15) is 46.0 Å². The highest BCUT2D eigenvalue weighted by Crippen LogP contribution is 2.39. The molecule has 0 radical (unpaired) electrons. The molecular weight excluding hydrogens is 267 g/mol. The normalized spacial score (nSPS) is 25.2. The zero-order valence-electron chi connectivity index (χ0n) is 13.3. The minimum atomic E-state index is -0.257. The maximum absolute atomic E-state index is 14.1. The number of methoxy groups -OCH3 is 1. The molecule has 0 amide bonds. The molecule has 1 aliphatic rings. The zero-order valence-corrected chi connectivity index (χ0v) is 13.3. The van der Waals surface area contributed by atoms with Gasteiger partial charge in [0, 0.05) is 18.2 Å². The number of hydrogen-bond donors (Lipinski definition) is 2. The summed E-state index contributed by atoms with van der Waals surface area (Å²) in [6, 6.07) is 4.78. The van der Waals surface area contributed by atoms with Gasteiger partial charge in [-0.15, -0.1) is 0 Å². The van der Waals surface area contributed by atoms with Crippen LogP contribution in [0.3, 0.4) is 0 Å². The Kier molecular flexibility index (Phi) is 4.77. The van der Waals surface area contributed by atoms with Gasteiger partial charge in [-0.2, -0.15) is 0 Å². The molecule has 1 aliphatic carbocycles. The summed E-state index contributed by atoms with van der Waals surface area (Å²) in [5.74, 6) is 0.396. The molecule has 1 atom stereocenters. The molecule has 0 aliphatic heterocycles. The van der Waals surface area contributed by atoms with Crippen molar-refractivity contribution in [1.29, 1.82) is 0 Å². The predicted molar refractivity (Wildman–Crippen MR) is 85.2 cm³/mol. The minimum Gasteiger partial charge on any atom is -0.497 e. The molecule has 21 heavy (non-hydrogen) atoms. The molecule has 4 heteroatoms. The second kappa shape index (κ2) is 6.22. The summed E-state index contributed by atoms with van der Waals surface area (Å²) in [6.45, 7) is 5.11. The van der Waals surface area contributed by atoms with Gasteiger partial charge in [-0.3, -0.25) is 0 Å². The second-order valence-corrected chi connectivity index (χ2v) is 6.97. The van der Waals surface area contributed by atoms with E-state index in [4.69, 9.17) is 10.5 Å². The highest BCUT2D eigenvalue weighted by atomic mass is 19.1. The van der Waals surface area contributed by atoms with Gasteiger partial charge in [0.05, 0.1) is 12.8 Å². The van der Waals surface area contributed by atoms with Crippen LogP contribution < -0.4 is 15.8 Å². The van der Waals surface area contributed by atoms with Crippen LogP contribution in [0.15, 0.2) is 18.2 Å². The van der Waals surface area contributed by atoms with Crippen molar-refractivity contribution in [2.75, 3.05) is 19.0 Å². The highest BCUT2D eigenvalue weighted by Gasteiger charge is 2.35. The second-order valence-electron chi connectivity index (χ2n) is 6.97. The Morgan fingerprint density at radius 2 is 2.00 bits per heavy atom. The van der Waals surface area contributed by atoms with Crippen LogP contribution in [0, 0.1) is 11.2 Å². The number of hydrogen-bond acceptors (Lipinski definition) is 3. The van der Waals surface area contributed by atoms with Crippen molar-refractivity contribution < 1.29 is 9.13 Å². The summed E-state index contributed by atoms with van der Waals surface area (Å²) in [4.78, 5) is 0. The molecule has 2 rings (SSSR count). The number of nitrogens with one attached hydrogen (secondary N) is 1. The topological polar surface area (TPSA) is 47.3 Å². The van der Waals surface area contributed by atoms with E-state index in [2.05, 4.69) is 19.2 Å². The van der Waals surface area contributed by atoms with Crippen molar-refractivity contribution in [3.05, 3.63) is 24.0 Å². The number of benzene rings is 1. The van der Waals surface area contributed by atoms with E-state index in [1.165, 1.54) is 12.5 Å². The van der Waals surface area contributed by atoms with E-state index in [0.717, 1.165) is 25.7 Å². The Balaban J connectivity index is 2.22.